The number of carbonyl (C=O) groups excluding carboxylic acids is 1. The highest BCUT2D eigenvalue weighted by atomic mass is 32.2. The van der Waals surface area contributed by atoms with Crippen molar-refractivity contribution in [3.8, 4) is 0 Å². The molecular formula is C17H22N2O3S. The fraction of sp³-hybridized carbons (Fsp3) is 0.353. The fourth-order valence-corrected chi connectivity index (χ4v) is 4.17. The van der Waals surface area contributed by atoms with Gasteiger partial charge in [0, 0.05) is 31.7 Å². The van der Waals surface area contributed by atoms with Crippen molar-refractivity contribution in [1.82, 2.24) is 9.21 Å². The Morgan fingerprint density at radius 3 is 2.35 bits per heavy atom. The minimum Gasteiger partial charge on any atom is -0.331 e. The fourth-order valence-electron chi connectivity index (χ4n) is 2.60. The molecule has 1 heterocycles. The SMILES string of the molecule is C=CCN(CC=C)C(=O)c1cccc(S(=O)(=O)N2CCCC2)c1. The first-order chi connectivity index (χ1) is 11.0. The lowest BCUT2D eigenvalue weighted by molar-refractivity contribution is 0.0790. The summed E-state index contributed by atoms with van der Waals surface area (Å²) in [6.45, 7) is 9.12. The molecule has 6 heteroatoms. The highest BCUT2D eigenvalue weighted by molar-refractivity contribution is 7.89. The van der Waals surface area contributed by atoms with Gasteiger partial charge in [-0.2, -0.15) is 4.31 Å². The normalized spacial score (nSPS) is 15.3. The van der Waals surface area contributed by atoms with Gasteiger partial charge in [-0.05, 0) is 31.0 Å². The maximum absolute atomic E-state index is 12.6. The Kier molecular flexibility index (Phi) is 5.74. The van der Waals surface area contributed by atoms with E-state index in [0.717, 1.165) is 12.8 Å². The maximum Gasteiger partial charge on any atom is 0.254 e. The van der Waals surface area contributed by atoms with E-state index in [1.54, 1.807) is 29.2 Å². The van der Waals surface area contributed by atoms with Crippen LogP contribution in [-0.4, -0.2) is 49.7 Å². The van der Waals surface area contributed by atoms with Gasteiger partial charge in [0.05, 0.1) is 4.90 Å². The van der Waals surface area contributed by atoms with Crippen LogP contribution in [0.2, 0.25) is 0 Å². The number of sulfonamides is 1. The molecular weight excluding hydrogens is 312 g/mol. The third-order valence-electron chi connectivity index (χ3n) is 3.77. The van der Waals surface area contributed by atoms with Gasteiger partial charge in [0.15, 0.2) is 0 Å². The number of carbonyl (C=O) groups is 1. The summed E-state index contributed by atoms with van der Waals surface area (Å²) >= 11 is 0. The minimum absolute atomic E-state index is 0.169. The topological polar surface area (TPSA) is 57.7 Å². The molecule has 1 amide bonds. The quantitative estimate of drug-likeness (QED) is 0.719. The van der Waals surface area contributed by atoms with Crippen molar-refractivity contribution >= 4 is 15.9 Å². The number of amides is 1. The summed E-state index contributed by atoms with van der Waals surface area (Å²) in [5, 5.41) is 0. The lowest BCUT2D eigenvalue weighted by atomic mass is 10.2. The van der Waals surface area contributed by atoms with Crippen LogP contribution in [0.5, 0.6) is 0 Å². The highest BCUT2D eigenvalue weighted by Crippen LogP contribution is 2.22. The lowest BCUT2D eigenvalue weighted by Crippen LogP contribution is -2.32. The molecule has 5 nitrogen and oxygen atoms in total. The van der Waals surface area contributed by atoms with E-state index in [1.165, 1.54) is 16.4 Å². The van der Waals surface area contributed by atoms with E-state index in [0.29, 0.717) is 31.7 Å². The van der Waals surface area contributed by atoms with E-state index in [-0.39, 0.29) is 10.8 Å². The molecule has 0 bridgehead atoms. The van der Waals surface area contributed by atoms with Crippen molar-refractivity contribution < 1.29 is 13.2 Å². The van der Waals surface area contributed by atoms with E-state index in [9.17, 15) is 13.2 Å². The van der Waals surface area contributed by atoms with Crippen LogP contribution in [0.25, 0.3) is 0 Å². The zero-order chi connectivity index (χ0) is 16.9. The van der Waals surface area contributed by atoms with Crippen LogP contribution in [0, 0.1) is 0 Å². The Balaban J connectivity index is 2.30. The van der Waals surface area contributed by atoms with Crippen LogP contribution in [-0.2, 0) is 10.0 Å². The first kappa shape index (κ1) is 17.4. The lowest BCUT2D eigenvalue weighted by Gasteiger charge is -2.20. The van der Waals surface area contributed by atoms with Crippen molar-refractivity contribution in [1.29, 1.82) is 0 Å². The van der Waals surface area contributed by atoms with Crippen LogP contribution in [0.4, 0.5) is 0 Å². The second kappa shape index (κ2) is 7.57. The molecule has 0 saturated carbocycles. The Morgan fingerprint density at radius 2 is 1.78 bits per heavy atom. The summed E-state index contributed by atoms with van der Waals surface area (Å²) in [6.07, 6.45) is 5.02. The molecule has 23 heavy (non-hydrogen) atoms. The molecule has 1 aromatic carbocycles. The van der Waals surface area contributed by atoms with Crippen molar-refractivity contribution in [2.75, 3.05) is 26.2 Å². The van der Waals surface area contributed by atoms with Gasteiger partial charge in [-0.1, -0.05) is 18.2 Å². The highest BCUT2D eigenvalue weighted by Gasteiger charge is 2.28. The Hall–Kier alpha value is -1.92. The summed E-state index contributed by atoms with van der Waals surface area (Å²) in [5.74, 6) is -0.233. The predicted octanol–water partition coefficient (Wildman–Crippen LogP) is 2.29. The van der Waals surface area contributed by atoms with Gasteiger partial charge in [-0.25, -0.2) is 8.42 Å². The Morgan fingerprint density at radius 1 is 1.17 bits per heavy atom. The van der Waals surface area contributed by atoms with E-state index in [1.807, 2.05) is 0 Å². The monoisotopic (exact) mass is 334 g/mol. The molecule has 1 fully saturated rings. The van der Waals surface area contributed by atoms with Crippen LogP contribution < -0.4 is 0 Å². The summed E-state index contributed by atoms with van der Waals surface area (Å²) in [6, 6.07) is 6.23. The number of rotatable bonds is 7. The predicted molar refractivity (Wildman–Crippen MR) is 90.7 cm³/mol. The number of hydrogen-bond donors (Lipinski definition) is 0. The summed E-state index contributed by atoms with van der Waals surface area (Å²) in [4.78, 5) is 14.3. The van der Waals surface area contributed by atoms with E-state index in [4.69, 9.17) is 0 Å². The molecule has 1 aliphatic rings. The largest absolute Gasteiger partial charge is 0.331 e. The molecule has 0 spiro atoms. The van der Waals surface area contributed by atoms with Gasteiger partial charge in [-0.3, -0.25) is 4.79 Å². The van der Waals surface area contributed by atoms with Crippen molar-refractivity contribution in [3.63, 3.8) is 0 Å². The molecule has 124 valence electrons. The molecule has 0 radical (unpaired) electrons. The minimum atomic E-state index is -3.52. The maximum atomic E-state index is 12.6. The summed E-state index contributed by atoms with van der Waals surface area (Å²) in [7, 11) is -3.52. The van der Waals surface area contributed by atoms with Crippen molar-refractivity contribution in [2.45, 2.75) is 17.7 Å². The third-order valence-corrected chi connectivity index (χ3v) is 5.66. The van der Waals surface area contributed by atoms with Gasteiger partial charge < -0.3 is 4.90 Å². The average molecular weight is 334 g/mol. The second-order valence-corrected chi connectivity index (χ2v) is 7.36. The molecule has 2 rings (SSSR count). The van der Waals surface area contributed by atoms with Gasteiger partial charge in [0.25, 0.3) is 5.91 Å². The van der Waals surface area contributed by atoms with E-state index >= 15 is 0 Å². The molecule has 1 aliphatic heterocycles. The Bertz CT molecular complexity index is 682. The first-order valence-corrected chi connectivity index (χ1v) is 9.06. The molecule has 0 atom stereocenters. The van der Waals surface area contributed by atoms with E-state index in [2.05, 4.69) is 13.2 Å². The van der Waals surface area contributed by atoms with Crippen molar-refractivity contribution in [2.24, 2.45) is 0 Å². The average Bonchev–Trinajstić information content (AvgIpc) is 3.09. The molecule has 0 unspecified atom stereocenters. The smallest absolute Gasteiger partial charge is 0.254 e. The zero-order valence-electron chi connectivity index (χ0n) is 13.1. The van der Waals surface area contributed by atoms with Crippen LogP contribution in [0.15, 0.2) is 54.5 Å². The number of hydrogen-bond acceptors (Lipinski definition) is 3. The summed E-state index contributed by atoms with van der Waals surface area (Å²) < 4.78 is 26.7. The van der Waals surface area contributed by atoms with Gasteiger partial charge in [0.2, 0.25) is 10.0 Å². The van der Waals surface area contributed by atoms with Crippen molar-refractivity contribution in [3.05, 3.63) is 55.1 Å². The third kappa shape index (κ3) is 3.89. The molecule has 1 saturated heterocycles. The van der Waals surface area contributed by atoms with E-state index < -0.39 is 10.0 Å². The molecule has 0 aliphatic carbocycles. The number of nitrogens with zero attached hydrogens (tertiary/aromatic N) is 2. The van der Waals surface area contributed by atoms with Gasteiger partial charge in [-0.15, -0.1) is 13.2 Å². The summed E-state index contributed by atoms with van der Waals surface area (Å²) in [5.41, 5.74) is 0.356. The first-order valence-electron chi connectivity index (χ1n) is 7.62. The zero-order valence-corrected chi connectivity index (χ0v) is 14.0. The van der Waals surface area contributed by atoms with Crippen LogP contribution in [0.3, 0.4) is 0 Å². The second-order valence-electron chi connectivity index (χ2n) is 5.43. The number of benzene rings is 1. The molecule has 0 aromatic heterocycles. The van der Waals surface area contributed by atoms with Gasteiger partial charge in [0.1, 0.15) is 0 Å². The molecule has 1 aromatic rings. The van der Waals surface area contributed by atoms with Crippen LogP contribution in [0.1, 0.15) is 23.2 Å². The van der Waals surface area contributed by atoms with Gasteiger partial charge >= 0.3 is 0 Å². The molecule has 0 N–H and O–H groups in total. The van der Waals surface area contributed by atoms with Crippen LogP contribution >= 0.6 is 0 Å². The standard InChI is InChI=1S/C17H22N2O3S/c1-3-10-18(11-4-2)17(20)15-8-7-9-16(14-15)23(21,22)19-12-5-6-13-19/h3-4,7-9,14H,1-2,5-6,10-13H2. The Labute approximate surface area is 138 Å².